The first kappa shape index (κ1) is 25.9. The maximum Gasteiger partial charge on any atom is 0.270 e. The number of carbonyl (C=O) groups is 2. The molecule has 3 aromatic rings. The zero-order valence-electron chi connectivity index (χ0n) is 19.9. The smallest absolute Gasteiger partial charge is 0.270 e. The van der Waals surface area contributed by atoms with E-state index in [1.807, 2.05) is 80.5 Å². The average molecular weight is 583 g/mol. The summed E-state index contributed by atoms with van der Waals surface area (Å²) in [6.07, 6.45) is 1.78. The lowest BCUT2D eigenvalue weighted by molar-refractivity contribution is -0.118. The van der Waals surface area contributed by atoms with E-state index in [0.717, 1.165) is 32.7 Å². The van der Waals surface area contributed by atoms with Gasteiger partial charge < -0.3 is 15.0 Å². The summed E-state index contributed by atoms with van der Waals surface area (Å²) < 4.78 is 7.13. The summed E-state index contributed by atoms with van der Waals surface area (Å²) >= 11 is 10.2. The van der Waals surface area contributed by atoms with Crippen LogP contribution in [-0.2, 0) is 9.59 Å². The molecule has 0 bridgehead atoms. The Bertz CT molecular complexity index is 1360. The van der Waals surface area contributed by atoms with E-state index in [1.54, 1.807) is 23.1 Å². The van der Waals surface area contributed by atoms with Crippen LogP contribution in [0.4, 0.5) is 17.1 Å². The van der Waals surface area contributed by atoms with Gasteiger partial charge in [0.15, 0.2) is 10.9 Å². The van der Waals surface area contributed by atoms with Gasteiger partial charge in [-0.15, -0.1) is 0 Å². The molecule has 0 atom stereocenters. The van der Waals surface area contributed by atoms with E-state index in [-0.39, 0.29) is 18.4 Å². The zero-order valence-corrected chi connectivity index (χ0v) is 23.2. The molecule has 1 aliphatic heterocycles. The normalized spacial score (nSPS) is 14.3. The molecule has 36 heavy (non-hydrogen) atoms. The van der Waals surface area contributed by atoms with Crippen molar-refractivity contribution in [1.29, 1.82) is 0 Å². The molecule has 0 aliphatic carbocycles. The Morgan fingerprint density at radius 2 is 1.89 bits per heavy atom. The Hall–Kier alpha value is -3.14. The van der Waals surface area contributed by atoms with Gasteiger partial charge in [-0.05, 0) is 78.7 Å². The molecule has 2 amide bonds. The maximum absolute atomic E-state index is 13.1. The fourth-order valence-corrected chi connectivity index (χ4v) is 5.31. The van der Waals surface area contributed by atoms with Crippen molar-refractivity contribution in [2.75, 3.05) is 35.8 Å². The average Bonchev–Trinajstić information content (AvgIpc) is 3.12. The summed E-state index contributed by atoms with van der Waals surface area (Å²) in [7, 11) is 3.93. The highest BCUT2D eigenvalue weighted by molar-refractivity contribution is 9.10. The highest BCUT2D eigenvalue weighted by Gasteiger charge is 2.33. The van der Waals surface area contributed by atoms with Gasteiger partial charge in [-0.25, -0.2) is 0 Å². The third-order valence-corrected chi connectivity index (χ3v) is 7.20. The number of nitrogens with zero attached hydrogens (tertiary/aromatic N) is 2. The van der Waals surface area contributed by atoms with Crippen LogP contribution in [0.5, 0.6) is 5.75 Å². The number of amides is 2. The number of rotatable bonds is 7. The van der Waals surface area contributed by atoms with Gasteiger partial charge in [0.2, 0.25) is 0 Å². The molecule has 0 saturated carbocycles. The van der Waals surface area contributed by atoms with Crippen molar-refractivity contribution in [3.8, 4) is 5.75 Å². The van der Waals surface area contributed by atoms with Crippen LogP contribution in [0.2, 0.25) is 0 Å². The van der Waals surface area contributed by atoms with Gasteiger partial charge in [0.1, 0.15) is 5.75 Å². The largest absolute Gasteiger partial charge is 0.484 e. The molecule has 9 heteroatoms. The summed E-state index contributed by atoms with van der Waals surface area (Å²) in [4.78, 5) is 29.5. The number of anilines is 3. The predicted molar refractivity (Wildman–Crippen MR) is 156 cm³/mol. The van der Waals surface area contributed by atoms with E-state index in [0.29, 0.717) is 15.0 Å². The standard InChI is InChI=1S/C27H24BrN3O3S2/c1-17-13-19(28)7-12-23(17)29-25(32)16-34-22-6-4-5-18(14-22)15-24-26(33)31(27(35)36-24)21-10-8-20(9-11-21)30(2)3/h4-15H,16H2,1-3H3,(H,29,32)/b24-15-. The summed E-state index contributed by atoms with van der Waals surface area (Å²) in [5, 5.41) is 2.85. The van der Waals surface area contributed by atoms with Crippen LogP contribution in [-0.4, -0.2) is 36.8 Å². The maximum atomic E-state index is 13.1. The second-order valence-corrected chi connectivity index (χ2v) is 10.9. The van der Waals surface area contributed by atoms with Gasteiger partial charge in [0, 0.05) is 29.9 Å². The van der Waals surface area contributed by atoms with Crippen molar-refractivity contribution in [2.45, 2.75) is 6.92 Å². The highest BCUT2D eigenvalue weighted by Crippen LogP contribution is 2.36. The lowest BCUT2D eigenvalue weighted by Gasteiger charge is -2.17. The molecule has 0 aromatic heterocycles. The van der Waals surface area contributed by atoms with E-state index >= 15 is 0 Å². The molecule has 3 aromatic carbocycles. The van der Waals surface area contributed by atoms with Gasteiger partial charge >= 0.3 is 0 Å². The van der Waals surface area contributed by atoms with Crippen molar-refractivity contribution in [3.05, 3.63) is 87.2 Å². The molecule has 4 rings (SSSR count). The van der Waals surface area contributed by atoms with Crippen molar-refractivity contribution in [1.82, 2.24) is 0 Å². The third kappa shape index (κ3) is 6.16. The van der Waals surface area contributed by atoms with Gasteiger partial charge in [-0.2, -0.15) is 0 Å². The Morgan fingerprint density at radius 1 is 1.14 bits per heavy atom. The zero-order chi connectivity index (χ0) is 25.8. The van der Waals surface area contributed by atoms with E-state index in [2.05, 4.69) is 21.2 Å². The van der Waals surface area contributed by atoms with Gasteiger partial charge in [-0.3, -0.25) is 14.5 Å². The minimum atomic E-state index is -0.257. The molecular weight excluding hydrogens is 558 g/mol. The molecule has 1 saturated heterocycles. The number of benzene rings is 3. The summed E-state index contributed by atoms with van der Waals surface area (Å²) in [6.45, 7) is 1.79. The first-order valence-corrected chi connectivity index (χ1v) is 13.1. The molecule has 6 nitrogen and oxygen atoms in total. The lowest BCUT2D eigenvalue weighted by Crippen LogP contribution is -2.27. The number of nitrogens with one attached hydrogen (secondary N) is 1. The minimum absolute atomic E-state index is 0.135. The second-order valence-electron chi connectivity index (χ2n) is 8.30. The van der Waals surface area contributed by atoms with Gasteiger partial charge in [0.25, 0.3) is 11.8 Å². The second kappa shape index (κ2) is 11.3. The Morgan fingerprint density at radius 3 is 2.58 bits per heavy atom. The highest BCUT2D eigenvalue weighted by atomic mass is 79.9. The fourth-order valence-electron chi connectivity index (χ4n) is 3.54. The van der Waals surface area contributed by atoms with Crippen molar-refractivity contribution in [2.24, 2.45) is 0 Å². The molecule has 1 fully saturated rings. The molecule has 0 unspecified atom stereocenters. The van der Waals surface area contributed by atoms with Gasteiger partial charge in [0.05, 0.1) is 10.6 Å². The number of ether oxygens (including phenoxy) is 1. The van der Waals surface area contributed by atoms with E-state index in [9.17, 15) is 9.59 Å². The van der Waals surface area contributed by atoms with Crippen molar-refractivity contribution in [3.63, 3.8) is 0 Å². The Labute approximate surface area is 228 Å². The summed E-state index contributed by atoms with van der Waals surface area (Å²) in [5.74, 6) is 0.103. The minimum Gasteiger partial charge on any atom is -0.484 e. The van der Waals surface area contributed by atoms with E-state index in [4.69, 9.17) is 17.0 Å². The molecular formula is C27H24BrN3O3S2. The van der Waals surface area contributed by atoms with Crippen LogP contribution in [0, 0.1) is 6.92 Å². The number of thioether (sulfide) groups is 1. The number of aryl methyl sites for hydroxylation is 1. The summed E-state index contributed by atoms with van der Waals surface area (Å²) in [5.41, 5.74) is 4.23. The molecule has 0 spiro atoms. The number of hydrogen-bond donors (Lipinski definition) is 1. The molecule has 1 heterocycles. The van der Waals surface area contributed by atoms with Crippen LogP contribution in [0.3, 0.4) is 0 Å². The van der Waals surface area contributed by atoms with Gasteiger partial charge in [-0.1, -0.05) is 52.0 Å². The van der Waals surface area contributed by atoms with Crippen LogP contribution in [0.15, 0.2) is 76.1 Å². The first-order valence-electron chi connectivity index (χ1n) is 11.1. The number of halogens is 1. The molecule has 184 valence electrons. The lowest BCUT2D eigenvalue weighted by atomic mass is 10.2. The Kier molecular flexibility index (Phi) is 8.13. The van der Waals surface area contributed by atoms with E-state index < -0.39 is 0 Å². The SMILES string of the molecule is Cc1cc(Br)ccc1NC(=O)COc1cccc(/C=C2\SC(=S)N(c3ccc(N(C)C)cc3)C2=O)c1. The molecule has 0 radical (unpaired) electrons. The number of carbonyl (C=O) groups excluding carboxylic acids is 2. The summed E-state index contributed by atoms with van der Waals surface area (Å²) in [6, 6.07) is 20.6. The monoisotopic (exact) mass is 581 g/mol. The third-order valence-electron chi connectivity index (χ3n) is 5.41. The topological polar surface area (TPSA) is 61.9 Å². The van der Waals surface area contributed by atoms with Crippen LogP contribution in [0.1, 0.15) is 11.1 Å². The van der Waals surface area contributed by atoms with Crippen LogP contribution < -0.4 is 19.9 Å². The van der Waals surface area contributed by atoms with Crippen molar-refractivity contribution < 1.29 is 14.3 Å². The fraction of sp³-hybridized carbons (Fsp3) is 0.148. The number of hydrogen-bond acceptors (Lipinski definition) is 6. The van der Waals surface area contributed by atoms with Crippen LogP contribution in [0.25, 0.3) is 6.08 Å². The van der Waals surface area contributed by atoms with Crippen LogP contribution >= 0.6 is 39.9 Å². The van der Waals surface area contributed by atoms with Crippen molar-refractivity contribution >= 4 is 79.2 Å². The Balaban J connectivity index is 1.42. The quantitative estimate of drug-likeness (QED) is 0.263. The molecule has 1 aliphatic rings. The number of thiocarbonyl (C=S) groups is 1. The predicted octanol–water partition coefficient (Wildman–Crippen LogP) is 6.25. The molecule has 1 N–H and O–H groups in total. The first-order chi connectivity index (χ1) is 17.2. The van der Waals surface area contributed by atoms with E-state index in [1.165, 1.54) is 11.8 Å².